The number of guanidine groups is 1. The van der Waals surface area contributed by atoms with Crippen molar-refractivity contribution in [2.75, 3.05) is 33.3 Å². The van der Waals surface area contributed by atoms with E-state index in [0.717, 1.165) is 43.1 Å². The van der Waals surface area contributed by atoms with Crippen LogP contribution in [0, 0.1) is 0 Å². The van der Waals surface area contributed by atoms with Crippen molar-refractivity contribution in [3.05, 3.63) is 51.8 Å². The molecule has 1 N–H and O–H groups in total. The second kappa shape index (κ2) is 10.5. The molecule has 0 spiro atoms. The summed E-state index contributed by atoms with van der Waals surface area (Å²) in [6.07, 6.45) is 4.67. The van der Waals surface area contributed by atoms with E-state index in [-0.39, 0.29) is 30.1 Å². The first-order chi connectivity index (χ1) is 12.5. The molecule has 1 aromatic carbocycles. The summed E-state index contributed by atoms with van der Waals surface area (Å²) in [7, 11) is 3.71. The van der Waals surface area contributed by atoms with Crippen LogP contribution in [0.3, 0.4) is 0 Å². The molecule has 2 heterocycles. The first-order valence-corrected chi connectivity index (χ1v) is 9.31. The number of nitrogens with zero attached hydrogens (tertiary/aromatic N) is 4. The summed E-state index contributed by atoms with van der Waals surface area (Å²) in [6, 6.07) is 5.61. The number of benzene rings is 1. The number of aromatic nitrogens is 2. The minimum absolute atomic E-state index is 0. The van der Waals surface area contributed by atoms with Crippen molar-refractivity contribution in [1.29, 1.82) is 0 Å². The van der Waals surface area contributed by atoms with Crippen LogP contribution in [-0.4, -0.2) is 53.9 Å². The predicted octanol–water partition coefficient (Wildman–Crippen LogP) is 3.54. The summed E-state index contributed by atoms with van der Waals surface area (Å²) in [5, 5.41) is 8.96. The molecule has 0 aliphatic carbocycles. The fraction of sp³-hybridized carbons (Fsp3) is 0.444. The van der Waals surface area contributed by atoms with Gasteiger partial charge in [-0.3, -0.25) is 9.67 Å². The van der Waals surface area contributed by atoms with E-state index in [1.54, 1.807) is 17.8 Å². The smallest absolute Gasteiger partial charge is 0.193 e. The minimum atomic E-state index is 0. The standard InChI is InChI=1S/C18H23Cl2N5O.HI/c1-21-18(22-4-3-13-7-15(19)9-16(20)8-13)25-5-6-26-17(12-25)14-10-23-24(2)11-14;/h7-11,17H,3-6,12H2,1-2H3,(H,21,22);1H. The van der Waals surface area contributed by atoms with Crippen molar-refractivity contribution in [2.24, 2.45) is 12.0 Å². The van der Waals surface area contributed by atoms with E-state index in [2.05, 4.69) is 20.3 Å². The van der Waals surface area contributed by atoms with Gasteiger partial charge in [-0.25, -0.2) is 0 Å². The van der Waals surface area contributed by atoms with Crippen LogP contribution < -0.4 is 5.32 Å². The Bertz CT molecular complexity index is 763. The number of halogens is 3. The number of morpholine rings is 1. The SMILES string of the molecule is CN=C(NCCc1cc(Cl)cc(Cl)c1)N1CCOC(c2cnn(C)c2)C1.I. The topological polar surface area (TPSA) is 54.7 Å². The van der Waals surface area contributed by atoms with Gasteiger partial charge in [0.2, 0.25) is 0 Å². The summed E-state index contributed by atoms with van der Waals surface area (Å²) in [5.41, 5.74) is 2.18. The normalized spacial score (nSPS) is 17.6. The van der Waals surface area contributed by atoms with Crippen LogP contribution in [0.1, 0.15) is 17.2 Å². The highest BCUT2D eigenvalue weighted by molar-refractivity contribution is 14.0. The Balaban J connectivity index is 0.00000261. The van der Waals surface area contributed by atoms with E-state index < -0.39 is 0 Å². The Labute approximate surface area is 186 Å². The molecule has 1 unspecified atom stereocenters. The van der Waals surface area contributed by atoms with Crippen LogP contribution in [0.4, 0.5) is 0 Å². The Morgan fingerprint density at radius 2 is 2.07 bits per heavy atom. The molecule has 1 saturated heterocycles. The van der Waals surface area contributed by atoms with Crippen LogP contribution in [0.15, 0.2) is 35.6 Å². The van der Waals surface area contributed by atoms with E-state index in [0.29, 0.717) is 16.7 Å². The van der Waals surface area contributed by atoms with Gasteiger partial charge in [0.25, 0.3) is 0 Å². The lowest BCUT2D eigenvalue weighted by Crippen LogP contribution is -2.48. The largest absolute Gasteiger partial charge is 0.370 e. The average molecular weight is 524 g/mol. The Hall–Kier alpha value is -1.03. The number of aryl methyl sites for hydroxylation is 1. The lowest BCUT2D eigenvalue weighted by atomic mass is 10.1. The first-order valence-electron chi connectivity index (χ1n) is 8.56. The van der Waals surface area contributed by atoms with Gasteiger partial charge in [-0.2, -0.15) is 5.10 Å². The van der Waals surface area contributed by atoms with Gasteiger partial charge in [0.05, 0.1) is 19.3 Å². The molecule has 1 fully saturated rings. The van der Waals surface area contributed by atoms with Crippen molar-refractivity contribution in [2.45, 2.75) is 12.5 Å². The van der Waals surface area contributed by atoms with Gasteiger partial charge < -0.3 is 15.0 Å². The summed E-state index contributed by atoms with van der Waals surface area (Å²) in [6.45, 7) is 2.95. The van der Waals surface area contributed by atoms with Gasteiger partial charge in [0, 0.05) is 49.0 Å². The lowest BCUT2D eigenvalue weighted by Gasteiger charge is -2.34. The highest BCUT2D eigenvalue weighted by atomic mass is 127. The number of hydrogen-bond donors (Lipinski definition) is 1. The monoisotopic (exact) mass is 523 g/mol. The third-order valence-electron chi connectivity index (χ3n) is 4.29. The van der Waals surface area contributed by atoms with Gasteiger partial charge in [-0.1, -0.05) is 23.2 Å². The second-order valence-corrected chi connectivity index (χ2v) is 7.13. The zero-order chi connectivity index (χ0) is 18.5. The fourth-order valence-corrected chi connectivity index (χ4v) is 3.63. The molecular formula is C18H24Cl2IN5O. The van der Waals surface area contributed by atoms with E-state index in [1.165, 1.54) is 0 Å². The highest BCUT2D eigenvalue weighted by Gasteiger charge is 2.25. The highest BCUT2D eigenvalue weighted by Crippen LogP contribution is 2.22. The molecule has 0 bridgehead atoms. The maximum Gasteiger partial charge on any atom is 0.193 e. The van der Waals surface area contributed by atoms with Crippen molar-refractivity contribution >= 4 is 53.1 Å². The molecule has 1 aliphatic heterocycles. The van der Waals surface area contributed by atoms with Crippen molar-refractivity contribution in [3.63, 3.8) is 0 Å². The molecule has 1 aliphatic rings. The Morgan fingerprint density at radius 3 is 2.70 bits per heavy atom. The van der Waals surface area contributed by atoms with Gasteiger partial charge in [0.15, 0.2) is 5.96 Å². The van der Waals surface area contributed by atoms with Gasteiger partial charge >= 0.3 is 0 Å². The maximum atomic E-state index is 6.06. The Morgan fingerprint density at radius 1 is 1.33 bits per heavy atom. The second-order valence-electron chi connectivity index (χ2n) is 6.25. The predicted molar refractivity (Wildman–Crippen MR) is 120 cm³/mol. The number of nitrogens with one attached hydrogen (secondary N) is 1. The molecule has 1 aromatic heterocycles. The first kappa shape index (κ1) is 22.3. The van der Waals surface area contributed by atoms with E-state index in [9.17, 15) is 0 Å². The van der Waals surface area contributed by atoms with Gasteiger partial charge in [-0.15, -0.1) is 24.0 Å². The fourth-order valence-electron chi connectivity index (χ4n) is 3.06. The summed E-state index contributed by atoms with van der Waals surface area (Å²) in [4.78, 5) is 6.63. The molecule has 0 saturated carbocycles. The van der Waals surface area contributed by atoms with Crippen molar-refractivity contribution in [1.82, 2.24) is 20.0 Å². The third kappa shape index (κ3) is 6.23. The molecule has 3 rings (SSSR count). The quantitative estimate of drug-likeness (QED) is 0.378. The lowest BCUT2D eigenvalue weighted by molar-refractivity contribution is -0.00800. The van der Waals surface area contributed by atoms with E-state index >= 15 is 0 Å². The number of aliphatic imine (C=N–C) groups is 1. The maximum absolute atomic E-state index is 6.06. The molecule has 6 nitrogen and oxygen atoms in total. The molecule has 2 aromatic rings. The number of rotatable bonds is 4. The average Bonchev–Trinajstić information content (AvgIpc) is 3.04. The summed E-state index contributed by atoms with van der Waals surface area (Å²) in [5.74, 6) is 0.871. The van der Waals surface area contributed by atoms with Gasteiger partial charge in [0.1, 0.15) is 6.10 Å². The van der Waals surface area contributed by atoms with Crippen LogP contribution in [-0.2, 0) is 18.2 Å². The van der Waals surface area contributed by atoms with Crippen molar-refractivity contribution < 1.29 is 4.74 Å². The molecule has 1 atom stereocenters. The van der Waals surface area contributed by atoms with Crippen LogP contribution >= 0.6 is 47.2 Å². The van der Waals surface area contributed by atoms with Crippen LogP contribution in [0.25, 0.3) is 0 Å². The molecule has 9 heteroatoms. The number of ether oxygens (including phenoxy) is 1. The van der Waals surface area contributed by atoms with E-state index in [1.807, 2.05) is 31.6 Å². The number of hydrogen-bond acceptors (Lipinski definition) is 3. The third-order valence-corrected chi connectivity index (χ3v) is 4.73. The molecule has 27 heavy (non-hydrogen) atoms. The molecule has 148 valence electrons. The van der Waals surface area contributed by atoms with Crippen LogP contribution in [0.5, 0.6) is 0 Å². The van der Waals surface area contributed by atoms with Gasteiger partial charge in [-0.05, 0) is 30.2 Å². The van der Waals surface area contributed by atoms with Crippen LogP contribution in [0.2, 0.25) is 10.0 Å². The summed E-state index contributed by atoms with van der Waals surface area (Å²) < 4.78 is 7.69. The zero-order valence-corrected chi connectivity index (χ0v) is 19.2. The van der Waals surface area contributed by atoms with E-state index in [4.69, 9.17) is 27.9 Å². The Kier molecular flexibility index (Phi) is 8.65. The molecule has 0 amide bonds. The van der Waals surface area contributed by atoms with Crippen molar-refractivity contribution in [3.8, 4) is 0 Å². The minimum Gasteiger partial charge on any atom is -0.370 e. The molecule has 0 radical (unpaired) electrons. The zero-order valence-electron chi connectivity index (χ0n) is 15.4. The summed E-state index contributed by atoms with van der Waals surface area (Å²) >= 11 is 12.1. The molecular weight excluding hydrogens is 500 g/mol.